The molecule has 14 heavy (non-hydrogen) atoms. The third-order valence-corrected chi connectivity index (χ3v) is 2.69. The SMILES string of the molecule is Cn1ncnc1CN1CCC(F)CC1. The van der Waals surface area contributed by atoms with Crippen LogP contribution in [-0.2, 0) is 13.6 Å². The Hall–Kier alpha value is -0.970. The van der Waals surface area contributed by atoms with Gasteiger partial charge in [-0.15, -0.1) is 0 Å². The maximum Gasteiger partial charge on any atom is 0.140 e. The predicted octanol–water partition coefficient (Wildman–Crippen LogP) is 0.749. The number of rotatable bonds is 2. The Labute approximate surface area is 82.7 Å². The quantitative estimate of drug-likeness (QED) is 0.703. The van der Waals surface area contributed by atoms with E-state index in [9.17, 15) is 4.39 Å². The first-order valence-electron chi connectivity index (χ1n) is 4.95. The molecule has 0 aromatic carbocycles. The maximum absolute atomic E-state index is 12.9. The van der Waals surface area contributed by atoms with Gasteiger partial charge >= 0.3 is 0 Å². The normalized spacial score (nSPS) is 20.1. The summed E-state index contributed by atoms with van der Waals surface area (Å²) in [5, 5.41) is 4.00. The van der Waals surface area contributed by atoms with Crippen molar-refractivity contribution in [3.05, 3.63) is 12.2 Å². The molecule has 0 unspecified atom stereocenters. The molecule has 1 saturated heterocycles. The van der Waals surface area contributed by atoms with E-state index in [-0.39, 0.29) is 0 Å². The maximum atomic E-state index is 12.9. The molecule has 0 spiro atoms. The Morgan fingerprint density at radius 1 is 1.50 bits per heavy atom. The number of alkyl halides is 1. The van der Waals surface area contributed by atoms with Crippen LogP contribution in [0.3, 0.4) is 0 Å². The Bertz CT molecular complexity index is 291. The van der Waals surface area contributed by atoms with Crippen molar-refractivity contribution >= 4 is 0 Å². The van der Waals surface area contributed by atoms with Gasteiger partial charge in [-0.3, -0.25) is 9.58 Å². The summed E-state index contributed by atoms with van der Waals surface area (Å²) in [6.07, 6.45) is 2.25. The lowest BCUT2D eigenvalue weighted by Gasteiger charge is -2.27. The highest BCUT2D eigenvalue weighted by molar-refractivity contribution is 4.85. The van der Waals surface area contributed by atoms with E-state index in [0.717, 1.165) is 25.5 Å². The van der Waals surface area contributed by atoms with Crippen LogP contribution in [0.25, 0.3) is 0 Å². The van der Waals surface area contributed by atoms with Gasteiger partial charge in [-0.1, -0.05) is 0 Å². The molecule has 0 saturated carbocycles. The predicted molar refractivity (Wildman–Crippen MR) is 50.4 cm³/mol. The van der Waals surface area contributed by atoms with Crippen LogP contribution in [-0.4, -0.2) is 38.9 Å². The van der Waals surface area contributed by atoms with E-state index in [4.69, 9.17) is 0 Å². The van der Waals surface area contributed by atoms with Gasteiger partial charge in [0.15, 0.2) is 0 Å². The highest BCUT2D eigenvalue weighted by Gasteiger charge is 2.19. The summed E-state index contributed by atoms with van der Waals surface area (Å²) in [5.74, 6) is 0.947. The van der Waals surface area contributed by atoms with Crippen LogP contribution < -0.4 is 0 Å². The second-order valence-electron chi connectivity index (χ2n) is 3.75. The number of hydrogen-bond acceptors (Lipinski definition) is 3. The molecule has 2 rings (SSSR count). The summed E-state index contributed by atoms with van der Waals surface area (Å²) in [6.45, 7) is 2.44. The smallest absolute Gasteiger partial charge is 0.140 e. The molecule has 0 amide bonds. The number of halogens is 1. The van der Waals surface area contributed by atoms with Crippen LogP contribution in [0.5, 0.6) is 0 Å². The average molecular weight is 198 g/mol. The van der Waals surface area contributed by atoms with E-state index >= 15 is 0 Å². The fourth-order valence-corrected chi connectivity index (χ4v) is 1.72. The first-order valence-corrected chi connectivity index (χ1v) is 4.95. The molecule has 0 N–H and O–H groups in total. The average Bonchev–Trinajstić information content (AvgIpc) is 2.56. The lowest BCUT2D eigenvalue weighted by Crippen LogP contribution is -2.34. The van der Waals surface area contributed by atoms with Gasteiger partial charge in [0.1, 0.15) is 18.3 Å². The minimum atomic E-state index is -0.606. The fourth-order valence-electron chi connectivity index (χ4n) is 1.72. The van der Waals surface area contributed by atoms with Crippen molar-refractivity contribution in [1.82, 2.24) is 19.7 Å². The van der Waals surface area contributed by atoms with Crippen LogP contribution in [0, 0.1) is 0 Å². The van der Waals surface area contributed by atoms with Crippen molar-refractivity contribution in [2.24, 2.45) is 7.05 Å². The number of aromatic nitrogens is 3. The van der Waals surface area contributed by atoms with E-state index in [1.807, 2.05) is 7.05 Å². The molecule has 0 aliphatic carbocycles. The number of nitrogens with zero attached hydrogens (tertiary/aromatic N) is 4. The highest BCUT2D eigenvalue weighted by Crippen LogP contribution is 2.14. The minimum Gasteiger partial charge on any atom is -0.296 e. The van der Waals surface area contributed by atoms with Gasteiger partial charge in [-0.05, 0) is 12.8 Å². The minimum absolute atomic E-state index is 0.606. The molecule has 1 aromatic heterocycles. The Balaban J connectivity index is 1.89. The molecule has 5 heteroatoms. The standard InChI is InChI=1S/C9H15FN4/c1-13-9(11-7-12-13)6-14-4-2-8(10)3-5-14/h7-8H,2-6H2,1H3. The number of hydrogen-bond donors (Lipinski definition) is 0. The fraction of sp³-hybridized carbons (Fsp3) is 0.778. The summed E-state index contributed by atoms with van der Waals surface area (Å²) in [4.78, 5) is 6.37. The Morgan fingerprint density at radius 2 is 2.21 bits per heavy atom. The van der Waals surface area contributed by atoms with E-state index in [0.29, 0.717) is 12.8 Å². The van der Waals surface area contributed by atoms with Gasteiger partial charge in [0.25, 0.3) is 0 Å². The van der Waals surface area contributed by atoms with Gasteiger partial charge in [-0.2, -0.15) is 5.10 Å². The number of likely N-dealkylation sites (tertiary alicyclic amines) is 1. The summed E-state index contributed by atoms with van der Waals surface area (Å²) in [5.41, 5.74) is 0. The van der Waals surface area contributed by atoms with Crippen LogP contribution in [0.15, 0.2) is 6.33 Å². The second kappa shape index (κ2) is 4.04. The molecule has 2 heterocycles. The zero-order valence-corrected chi connectivity index (χ0v) is 8.36. The largest absolute Gasteiger partial charge is 0.296 e. The van der Waals surface area contributed by atoms with Crippen LogP contribution in [0.2, 0.25) is 0 Å². The third kappa shape index (κ3) is 2.09. The lowest BCUT2D eigenvalue weighted by atomic mass is 10.1. The Kier molecular flexibility index (Phi) is 2.77. The van der Waals surface area contributed by atoms with E-state index in [1.165, 1.54) is 0 Å². The number of piperidine rings is 1. The van der Waals surface area contributed by atoms with Crippen LogP contribution in [0.4, 0.5) is 4.39 Å². The van der Waals surface area contributed by atoms with Gasteiger partial charge in [0.05, 0.1) is 6.54 Å². The van der Waals surface area contributed by atoms with Gasteiger partial charge in [0.2, 0.25) is 0 Å². The zero-order chi connectivity index (χ0) is 9.97. The summed E-state index contributed by atoms with van der Waals surface area (Å²) in [6, 6.07) is 0. The molecule has 1 fully saturated rings. The topological polar surface area (TPSA) is 34.0 Å². The van der Waals surface area contributed by atoms with Gasteiger partial charge in [0, 0.05) is 20.1 Å². The van der Waals surface area contributed by atoms with Gasteiger partial charge in [-0.25, -0.2) is 9.37 Å². The molecule has 1 aromatic rings. The molecule has 4 nitrogen and oxygen atoms in total. The molecule has 1 aliphatic rings. The molecule has 1 aliphatic heterocycles. The van der Waals surface area contributed by atoms with Crippen molar-refractivity contribution in [1.29, 1.82) is 0 Å². The van der Waals surface area contributed by atoms with Crippen molar-refractivity contribution < 1.29 is 4.39 Å². The second-order valence-corrected chi connectivity index (χ2v) is 3.75. The van der Waals surface area contributed by atoms with Crippen molar-refractivity contribution in [3.8, 4) is 0 Å². The first-order chi connectivity index (χ1) is 6.75. The van der Waals surface area contributed by atoms with E-state index in [2.05, 4.69) is 15.0 Å². The molecule has 0 radical (unpaired) electrons. The monoisotopic (exact) mass is 198 g/mol. The Morgan fingerprint density at radius 3 is 2.79 bits per heavy atom. The van der Waals surface area contributed by atoms with Crippen molar-refractivity contribution in [3.63, 3.8) is 0 Å². The van der Waals surface area contributed by atoms with Crippen LogP contribution in [0.1, 0.15) is 18.7 Å². The lowest BCUT2D eigenvalue weighted by molar-refractivity contribution is 0.141. The summed E-state index contributed by atoms with van der Waals surface area (Å²) >= 11 is 0. The van der Waals surface area contributed by atoms with Gasteiger partial charge < -0.3 is 0 Å². The van der Waals surface area contributed by atoms with E-state index in [1.54, 1.807) is 11.0 Å². The van der Waals surface area contributed by atoms with Crippen molar-refractivity contribution in [2.75, 3.05) is 13.1 Å². The summed E-state index contributed by atoms with van der Waals surface area (Å²) < 4.78 is 14.6. The summed E-state index contributed by atoms with van der Waals surface area (Å²) in [7, 11) is 1.88. The number of aryl methyl sites for hydroxylation is 1. The van der Waals surface area contributed by atoms with Crippen molar-refractivity contribution in [2.45, 2.75) is 25.6 Å². The molecular formula is C9H15FN4. The molecule has 0 atom stereocenters. The molecular weight excluding hydrogens is 183 g/mol. The zero-order valence-electron chi connectivity index (χ0n) is 8.36. The van der Waals surface area contributed by atoms with Crippen LogP contribution >= 0.6 is 0 Å². The third-order valence-electron chi connectivity index (χ3n) is 2.69. The molecule has 0 bridgehead atoms. The first kappa shape index (κ1) is 9.58. The molecule has 78 valence electrons. The van der Waals surface area contributed by atoms with E-state index < -0.39 is 6.17 Å². The highest BCUT2D eigenvalue weighted by atomic mass is 19.1.